The summed E-state index contributed by atoms with van der Waals surface area (Å²) in [6, 6.07) is 15.5. The van der Waals surface area contributed by atoms with Crippen molar-refractivity contribution in [3.05, 3.63) is 65.7 Å². The first-order valence-electron chi connectivity index (χ1n) is 11.4. The number of carbonyl (C=O) groups excluding carboxylic acids is 1. The van der Waals surface area contributed by atoms with Crippen molar-refractivity contribution in [2.75, 3.05) is 31.0 Å². The van der Waals surface area contributed by atoms with Gasteiger partial charge in [-0.05, 0) is 73.6 Å². The number of benzene rings is 2. The van der Waals surface area contributed by atoms with Crippen LogP contribution in [0.5, 0.6) is 0 Å². The highest BCUT2D eigenvalue weighted by Crippen LogP contribution is 2.46. The fourth-order valence-corrected chi connectivity index (χ4v) is 8.58. The lowest BCUT2D eigenvalue weighted by atomic mass is 10.1. The fraction of sp³-hybridized carbons (Fsp3) is 0.480. The molecule has 0 spiro atoms. The maximum atomic E-state index is 13.0. The van der Waals surface area contributed by atoms with E-state index in [4.69, 9.17) is 9.47 Å². The van der Waals surface area contributed by atoms with E-state index in [-0.39, 0.29) is 11.5 Å². The number of ether oxygens (including phenoxy) is 2. The number of esters is 1. The Morgan fingerprint density at radius 1 is 1.06 bits per heavy atom. The SMILES string of the molecule is Cc1ccc(S(=O)(=O)[OH+]S(C)(CCCCC2CCCO2)CCOC(=O)c2ccccc2)cc1. The first-order chi connectivity index (χ1) is 15.8. The van der Waals surface area contributed by atoms with E-state index in [1.54, 1.807) is 48.5 Å². The van der Waals surface area contributed by atoms with Crippen molar-refractivity contribution in [3.8, 4) is 0 Å². The van der Waals surface area contributed by atoms with Gasteiger partial charge >= 0.3 is 16.1 Å². The molecule has 2 aromatic rings. The third-order valence-electron chi connectivity index (χ3n) is 5.75. The normalized spacial score (nSPS) is 19.0. The van der Waals surface area contributed by atoms with E-state index in [2.05, 4.69) is 3.63 Å². The molecule has 0 radical (unpaired) electrons. The summed E-state index contributed by atoms with van der Waals surface area (Å²) in [7, 11) is -5.70. The van der Waals surface area contributed by atoms with Gasteiger partial charge in [0.15, 0.2) is 0 Å². The van der Waals surface area contributed by atoms with Crippen LogP contribution in [0.3, 0.4) is 0 Å². The summed E-state index contributed by atoms with van der Waals surface area (Å²) in [6.45, 7) is 2.89. The Hall–Kier alpha value is -1.87. The molecule has 2 atom stereocenters. The van der Waals surface area contributed by atoms with Crippen molar-refractivity contribution in [3.63, 3.8) is 0 Å². The molecular weight excluding hydrogens is 460 g/mol. The van der Waals surface area contributed by atoms with Gasteiger partial charge in [-0.2, -0.15) is 0 Å². The standard InChI is InChI=1S/C25H34O6S2/c1-21-13-15-24(16-14-21)33(27,28)31-32(2,19-7-6-11-23-12-8-17-29-23)20-18-30-25(26)22-9-4-3-5-10-22/h3-5,9-10,13-16,23H,6-8,11-12,17-20H2,1-2H3/p+1. The maximum Gasteiger partial charge on any atom is 0.421 e. The van der Waals surface area contributed by atoms with E-state index in [0.717, 1.165) is 44.3 Å². The van der Waals surface area contributed by atoms with Gasteiger partial charge in [-0.25, -0.2) is 4.79 Å². The Morgan fingerprint density at radius 3 is 2.45 bits per heavy atom. The first-order valence-corrected chi connectivity index (χ1v) is 15.2. The Kier molecular flexibility index (Phi) is 9.37. The minimum atomic E-state index is -3.79. The van der Waals surface area contributed by atoms with Crippen LogP contribution < -0.4 is 0 Å². The molecule has 1 heterocycles. The highest BCUT2D eigenvalue weighted by Gasteiger charge is 2.34. The van der Waals surface area contributed by atoms with Gasteiger partial charge in [-0.15, -0.1) is 8.42 Å². The lowest BCUT2D eigenvalue weighted by molar-refractivity contribution is 0.0528. The van der Waals surface area contributed by atoms with Gasteiger partial charge in [0.1, 0.15) is 11.5 Å². The Balaban J connectivity index is 1.62. The van der Waals surface area contributed by atoms with E-state index in [1.807, 2.05) is 19.2 Å². The number of unbranched alkanes of at least 4 members (excludes halogenated alkanes) is 1. The minimum Gasteiger partial charge on any atom is -0.461 e. The van der Waals surface area contributed by atoms with E-state index < -0.39 is 26.4 Å². The molecule has 3 rings (SSSR count). The highest BCUT2D eigenvalue weighted by atomic mass is 32.3. The molecule has 0 aliphatic carbocycles. The van der Waals surface area contributed by atoms with E-state index in [0.29, 0.717) is 23.2 Å². The topological polar surface area (TPSA) is 82.5 Å². The largest absolute Gasteiger partial charge is 0.461 e. The average molecular weight is 496 g/mol. The number of rotatable bonds is 12. The average Bonchev–Trinajstić information content (AvgIpc) is 3.31. The molecule has 0 amide bonds. The third-order valence-corrected chi connectivity index (χ3v) is 11.1. The molecule has 182 valence electrons. The Labute approximate surface area is 199 Å². The van der Waals surface area contributed by atoms with Crippen LogP contribution in [0.2, 0.25) is 0 Å². The molecular formula is C25H35O6S2+. The molecule has 2 aromatic carbocycles. The molecule has 2 unspecified atom stereocenters. The summed E-state index contributed by atoms with van der Waals surface area (Å²) in [6.07, 6.45) is 7.29. The van der Waals surface area contributed by atoms with Gasteiger partial charge in [0.05, 0.1) is 17.4 Å². The fourth-order valence-electron chi connectivity index (χ4n) is 3.80. The number of carbonyl (C=O) groups is 1. The number of aryl methyl sites for hydroxylation is 1. The smallest absolute Gasteiger partial charge is 0.421 e. The number of hydrogen-bond donors (Lipinski definition) is 0. The molecule has 1 saturated heterocycles. The molecule has 0 saturated carbocycles. The summed E-state index contributed by atoms with van der Waals surface area (Å²) in [5.41, 5.74) is 1.47. The summed E-state index contributed by atoms with van der Waals surface area (Å²) in [5.74, 6) is 0.682. The molecule has 8 heteroatoms. The summed E-state index contributed by atoms with van der Waals surface area (Å²) in [4.78, 5) is 12.5. The monoisotopic (exact) mass is 495 g/mol. The zero-order valence-electron chi connectivity index (χ0n) is 19.4. The Morgan fingerprint density at radius 2 is 1.79 bits per heavy atom. The van der Waals surface area contributed by atoms with Gasteiger partial charge < -0.3 is 9.47 Å². The molecule has 33 heavy (non-hydrogen) atoms. The lowest BCUT2D eigenvalue weighted by Gasteiger charge is -2.30. The van der Waals surface area contributed by atoms with Crippen LogP contribution in [0.15, 0.2) is 59.5 Å². The second-order valence-electron chi connectivity index (χ2n) is 8.63. The van der Waals surface area contributed by atoms with Crippen molar-refractivity contribution in [1.29, 1.82) is 0 Å². The third kappa shape index (κ3) is 8.14. The van der Waals surface area contributed by atoms with Gasteiger partial charge in [0.25, 0.3) is 0 Å². The van der Waals surface area contributed by atoms with Crippen molar-refractivity contribution >= 4 is 26.4 Å². The van der Waals surface area contributed by atoms with Gasteiger partial charge in [-0.3, -0.25) is 3.63 Å². The zero-order chi connectivity index (χ0) is 23.7. The van der Waals surface area contributed by atoms with Crippen LogP contribution in [0, 0.1) is 6.92 Å². The molecule has 0 aromatic heterocycles. The second-order valence-corrected chi connectivity index (χ2v) is 13.9. The van der Waals surface area contributed by atoms with Gasteiger partial charge in [0, 0.05) is 18.6 Å². The van der Waals surface area contributed by atoms with E-state index in [1.165, 1.54) is 0 Å². The molecule has 1 fully saturated rings. The van der Waals surface area contributed by atoms with E-state index >= 15 is 0 Å². The molecule has 1 aliphatic rings. The maximum absolute atomic E-state index is 13.0. The van der Waals surface area contributed by atoms with Crippen molar-refractivity contribution in [1.82, 2.24) is 0 Å². The zero-order valence-corrected chi connectivity index (χ0v) is 21.1. The molecule has 1 aliphatic heterocycles. The van der Waals surface area contributed by atoms with Crippen molar-refractivity contribution in [2.24, 2.45) is 0 Å². The molecule has 0 bridgehead atoms. The van der Waals surface area contributed by atoms with Crippen molar-refractivity contribution in [2.45, 2.75) is 50.0 Å². The Bertz CT molecular complexity index is 985. The van der Waals surface area contributed by atoms with Crippen LogP contribution in [0.4, 0.5) is 0 Å². The number of hydrogen-bond acceptors (Lipinski definition) is 5. The highest BCUT2D eigenvalue weighted by molar-refractivity contribution is 8.31. The summed E-state index contributed by atoms with van der Waals surface area (Å²) in [5, 5.41) is 0. The van der Waals surface area contributed by atoms with Crippen molar-refractivity contribution < 1.29 is 26.3 Å². The summed E-state index contributed by atoms with van der Waals surface area (Å²) < 4.78 is 41.7. The first kappa shape index (κ1) is 25.7. The van der Waals surface area contributed by atoms with Gasteiger partial charge in [-0.1, -0.05) is 35.9 Å². The van der Waals surface area contributed by atoms with Crippen LogP contribution in [0.1, 0.15) is 48.0 Å². The quantitative estimate of drug-likeness (QED) is 0.172. The lowest BCUT2D eigenvalue weighted by Crippen LogP contribution is -2.24. The molecule has 1 N–H and O–H groups in total. The predicted octanol–water partition coefficient (Wildman–Crippen LogP) is 5.33. The van der Waals surface area contributed by atoms with Gasteiger partial charge in [0.2, 0.25) is 0 Å². The summed E-state index contributed by atoms with van der Waals surface area (Å²) >= 11 is 0. The van der Waals surface area contributed by atoms with Crippen LogP contribution >= 0.6 is 10.3 Å². The van der Waals surface area contributed by atoms with Crippen LogP contribution in [-0.4, -0.2) is 55.1 Å². The predicted molar refractivity (Wildman–Crippen MR) is 134 cm³/mol. The second kappa shape index (κ2) is 12.0. The molecule has 6 nitrogen and oxygen atoms in total. The van der Waals surface area contributed by atoms with Crippen LogP contribution in [0.25, 0.3) is 0 Å². The van der Waals surface area contributed by atoms with Crippen LogP contribution in [-0.2, 0) is 19.6 Å². The van der Waals surface area contributed by atoms with E-state index in [9.17, 15) is 13.2 Å². The minimum absolute atomic E-state index is 0.137.